The maximum atomic E-state index is 6.07. The Hall–Kier alpha value is -5.52. The lowest BCUT2D eigenvalue weighted by Crippen LogP contribution is -2.60. The van der Waals surface area contributed by atoms with Crippen molar-refractivity contribution < 1.29 is 4.42 Å². The molecule has 3 nitrogen and oxygen atoms in total. The molecule has 60 heavy (non-hydrogen) atoms. The second-order valence-corrected chi connectivity index (χ2v) is 21.6. The number of fused-ring (bicyclic) bond motifs is 7. The van der Waals surface area contributed by atoms with Crippen LogP contribution in [0.4, 0.5) is 34.1 Å². The standard InChI is InChI=1S/C55H55BN2OS/c1-32-25-45-49-46(26-32)58(50-33(2)27-35(28-34(50)3)42-31-59-47-16-14-13-15-40(42)47)51-41-29-37(54(7,8)9)20-24-48(41)60-52(51)56(49)43-30-38(55(10,11)12)19-23-44(43)57(45)39-21-17-36(18-22-39)53(4,5)6/h13-31H,1-12H3. The molecule has 0 atom stereocenters. The van der Waals surface area contributed by atoms with E-state index in [4.69, 9.17) is 4.42 Å². The Morgan fingerprint density at radius 2 is 1.15 bits per heavy atom. The van der Waals surface area contributed by atoms with Gasteiger partial charge >= 0.3 is 0 Å². The Balaban J connectivity index is 1.29. The summed E-state index contributed by atoms with van der Waals surface area (Å²) < 4.78 is 8.81. The summed E-state index contributed by atoms with van der Waals surface area (Å²) in [4.78, 5) is 5.21. The molecule has 4 heterocycles. The number of hydrogen-bond acceptors (Lipinski definition) is 4. The van der Waals surface area contributed by atoms with Gasteiger partial charge in [-0.15, -0.1) is 11.3 Å². The van der Waals surface area contributed by atoms with Gasteiger partial charge in [-0.2, -0.15) is 0 Å². The smallest absolute Gasteiger partial charge is 0.264 e. The first-order chi connectivity index (χ1) is 28.4. The number of nitrogens with zero attached hydrogens (tertiary/aromatic N) is 2. The van der Waals surface area contributed by atoms with Gasteiger partial charge in [-0.05, 0) is 148 Å². The second kappa shape index (κ2) is 13.2. The number of aryl methyl sites for hydroxylation is 3. The Bertz CT molecular complexity index is 3010. The van der Waals surface area contributed by atoms with E-state index in [0.29, 0.717) is 0 Å². The molecule has 0 N–H and O–H groups in total. The van der Waals surface area contributed by atoms with E-state index < -0.39 is 0 Å². The van der Waals surface area contributed by atoms with Crippen molar-refractivity contribution in [3.63, 3.8) is 0 Å². The Morgan fingerprint density at radius 3 is 1.82 bits per heavy atom. The lowest BCUT2D eigenvalue weighted by Gasteiger charge is -2.44. The number of anilines is 6. The summed E-state index contributed by atoms with van der Waals surface area (Å²) in [6.45, 7) is 27.8. The number of para-hydroxylation sites is 1. The molecule has 0 aliphatic carbocycles. The van der Waals surface area contributed by atoms with Crippen LogP contribution in [0.3, 0.4) is 0 Å². The summed E-state index contributed by atoms with van der Waals surface area (Å²) in [5.74, 6) is 0. The average molecular weight is 803 g/mol. The monoisotopic (exact) mass is 802 g/mol. The fraction of sp³-hybridized carbons (Fsp3) is 0.273. The zero-order chi connectivity index (χ0) is 42.2. The van der Waals surface area contributed by atoms with Crippen molar-refractivity contribution in [3.05, 3.63) is 149 Å². The van der Waals surface area contributed by atoms with Gasteiger partial charge in [-0.1, -0.05) is 111 Å². The zero-order valence-corrected chi connectivity index (χ0v) is 38.1. The van der Waals surface area contributed by atoms with Crippen LogP contribution in [0, 0.1) is 20.8 Å². The Labute approximate surface area is 360 Å². The van der Waals surface area contributed by atoms with Gasteiger partial charge in [-0.3, -0.25) is 0 Å². The second-order valence-electron chi connectivity index (χ2n) is 20.5. The van der Waals surface area contributed by atoms with E-state index in [9.17, 15) is 0 Å². The molecule has 0 fully saturated rings. The molecule has 10 rings (SSSR count). The largest absolute Gasteiger partial charge is 0.464 e. The van der Waals surface area contributed by atoms with Crippen molar-refractivity contribution in [2.24, 2.45) is 0 Å². The van der Waals surface area contributed by atoms with E-state index in [1.807, 2.05) is 23.7 Å². The van der Waals surface area contributed by atoms with Crippen LogP contribution < -0.4 is 25.5 Å². The molecule has 5 heteroatoms. The number of hydrogen-bond donors (Lipinski definition) is 0. The van der Waals surface area contributed by atoms with Crippen molar-refractivity contribution in [1.29, 1.82) is 0 Å². The van der Waals surface area contributed by atoms with Crippen molar-refractivity contribution in [2.75, 3.05) is 9.80 Å². The van der Waals surface area contributed by atoms with Crippen LogP contribution in [0.5, 0.6) is 0 Å². The molecule has 0 radical (unpaired) electrons. The molecular weight excluding hydrogens is 747 g/mol. The fourth-order valence-corrected chi connectivity index (χ4v) is 11.1. The number of benzene rings is 6. The number of rotatable bonds is 3. The van der Waals surface area contributed by atoms with Crippen molar-refractivity contribution >= 4 is 88.9 Å². The van der Waals surface area contributed by atoms with Gasteiger partial charge in [0.15, 0.2) is 0 Å². The average Bonchev–Trinajstić information content (AvgIpc) is 3.79. The quantitative estimate of drug-likeness (QED) is 0.166. The van der Waals surface area contributed by atoms with Gasteiger partial charge in [0, 0.05) is 48.6 Å². The van der Waals surface area contributed by atoms with Gasteiger partial charge in [0.2, 0.25) is 0 Å². The predicted molar refractivity (Wildman–Crippen MR) is 261 cm³/mol. The molecule has 6 aromatic carbocycles. The van der Waals surface area contributed by atoms with Crippen LogP contribution in [0.2, 0.25) is 0 Å². The van der Waals surface area contributed by atoms with Gasteiger partial charge in [0.1, 0.15) is 5.58 Å². The maximum Gasteiger partial charge on any atom is 0.264 e. The molecule has 0 saturated heterocycles. The topological polar surface area (TPSA) is 19.6 Å². The number of thiophene rings is 1. The van der Waals surface area contributed by atoms with E-state index in [1.54, 1.807) is 0 Å². The first kappa shape index (κ1) is 38.7. The molecule has 300 valence electrons. The molecular formula is C55H55BN2OS. The van der Waals surface area contributed by atoms with Gasteiger partial charge in [-0.25, -0.2) is 0 Å². The van der Waals surface area contributed by atoms with Gasteiger partial charge in [0.05, 0.1) is 17.6 Å². The molecule has 0 unspecified atom stereocenters. The van der Waals surface area contributed by atoms with Gasteiger partial charge in [0.25, 0.3) is 6.71 Å². The normalized spacial score (nSPS) is 13.9. The van der Waals surface area contributed by atoms with Gasteiger partial charge < -0.3 is 14.2 Å². The summed E-state index contributed by atoms with van der Waals surface area (Å²) in [6, 6.07) is 41.9. The van der Waals surface area contributed by atoms with Crippen LogP contribution in [0.1, 0.15) is 95.7 Å². The number of furan rings is 1. The third-order valence-electron chi connectivity index (χ3n) is 13.0. The Morgan fingerprint density at radius 1 is 0.550 bits per heavy atom. The summed E-state index contributed by atoms with van der Waals surface area (Å²) in [6.07, 6.45) is 1.92. The van der Waals surface area contributed by atoms with Crippen molar-refractivity contribution in [2.45, 2.75) is 99.3 Å². The highest BCUT2D eigenvalue weighted by Crippen LogP contribution is 2.51. The minimum absolute atomic E-state index is 0.00705. The van der Waals surface area contributed by atoms with Crippen molar-refractivity contribution in [1.82, 2.24) is 0 Å². The minimum Gasteiger partial charge on any atom is -0.464 e. The predicted octanol–water partition coefficient (Wildman–Crippen LogP) is 14.2. The Kier molecular flexibility index (Phi) is 8.53. The third-order valence-corrected chi connectivity index (χ3v) is 14.3. The van der Waals surface area contributed by atoms with Crippen LogP contribution in [0.15, 0.2) is 120 Å². The fourth-order valence-electron chi connectivity index (χ4n) is 9.84. The molecule has 0 saturated carbocycles. The third kappa shape index (κ3) is 5.98. The highest BCUT2D eigenvalue weighted by Gasteiger charge is 2.46. The summed E-state index contributed by atoms with van der Waals surface area (Å²) in [5, 5.41) is 2.47. The first-order valence-corrected chi connectivity index (χ1v) is 22.3. The van der Waals surface area contributed by atoms with Crippen LogP contribution in [-0.4, -0.2) is 6.71 Å². The van der Waals surface area contributed by atoms with Crippen LogP contribution >= 0.6 is 11.3 Å². The maximum absolute atomic E-state index is 6.07. The molecule has 2 aliphatic heterocycles. The summed E-state index contributed by atoms with van der Waals surface area (Å²) in [7, 11) is 0. The van der Waals surface area contributed by atoms with E-state index >= 15 is 0 Å². The van der Waals surface area contributed by atoms with E-state index in [1.165, 1.54) is 98.9 Å². The molecule has 8 aromatic rings. The molecule has 0 amide bonds. The van der Waals surface area contributed by atoms with E-state index in [2.05, 4.69) is 196 Å². The van der Waals surface area contributed by atoms with E-state index in [0.717, 1.165) is 16.5 Å². The molecule has 0 spiro atoms. The highest BCUT2D eigenvalue weighted by atomic mass is 32.1. The minimum atomic E-state index is -0.00775. The van der Waals surface area contributed by atoms with Crippen LogP contribution in [0.25, 0.3) is 32.2 Å². The molecule has 0 bridgehead atoms. The lowest BCUT2D eigenvalue weighted by atomic mass is 9.36. The zero-order valence-electron chi connectivity index (χ0n) is 37.3. The summed E-state index contributed by atoms with van der Waals surface area (Å²) in [5.41, 5.74) is 21.3. The summed E-state index contributed by atoms with van der Waals surface area (Å²) >= 11 is 1.98. The first-order valence-electron chi connectivity index (χ1n) is 21.5. The molecule has 2 aromatic heterocycles. The van der Waals surface area contributed by atoms with Crippen LogP contribution in [-0.2, 0) is 16.2 Å². The highest BCUT2D eigenvalue weighted by molar-refractivity contribution is 7.33. The lowest BCUT2D eigenvalue weighted by molar-refractivity contribution is 0.590. The van der Waals surface area contributed by atoms with Crippen molar-refractivity contribution in [3.8, 4) is 11.1 Å². The van der Waals surface area contributed by atoms with E-state index in [-0.39, 0.29) is 23.0 Å². The SMILES string of the molecule is Cc1cc2c3c(c1)N(c1c(C)cc(-c4coc5ccccc45)cc1C)c1c(sc4ccc(C(C)(C)C)cc14)B3c1cc(C(C)(C)C)ccc1N2c1ccc(C(C)(C)C)cc1. The molecule has 2 aliphatic rings.